The van der Waals surface area contributed by atoms with E-state index in [2.05, 4.69) is 10.6 Å². The van der Waals surface area contributed by atoms with Gasteiger partial charge in [-0.05, 0) is 26.0 Å². The maximum Gasteiger partial charge on any atom is 0.253 e. The summed E-state index contributed by atoms with van der Waals surface area (Å²) in [6, 6.07) is 7.78. The molecular formula is C15H22N2O3. The van der Waals surface area contributed by atoms with Gasteiger partial charge in [-0.25, -0.2) is 0 Å². The number of carbonyl (C=O) groups is 1. The standard InChI is InChI=1S/C15H22N2O3/c1-11(2)17-14-6-4-3-5-13(14)15(18)16-9-12-10-19-7-8-20-12/h3-6,11-12,17H,7-10H2,1-2H3,(H,16,18). The third-order valence-corrected chi connectivity index (χ3v) is 2.99. The molecule has 5 nitrogen and oxygen atoms in total. The number of ether oxygens (including phenoxy) is 2. The van der Waals surface area contributed by atoms with Crippen molar-refractivity contribution in [1.82, 2.24) is 5.32 Å². The lowest BCUT2D eigenvalue weighted by Crippen LogP contribution is -2.39. The third-order valence-electron chi connectivity index (χ3n) is 2.99. The second-order valence-electron chi connectivity index (χ2n) is 5.12. The van der Waals surface area contributed by atoms with E-state index in [1.165, 1.54) is 0 Å². The summed E-state index contributed by atoms with van der Waals surface area (Å²) in [5.74, 6) is -0.0945. The molecule has 1 unspecified atom stereocenters. The molecule has 5 heteroatoms. The Balaban J connectivity index is 1.94. The lowest BCUT2D eigenvalue weighted by molar-refractivity contribution is -0.0855. The summed E-state index contributed by atoms with van der Waals surface area (Å²) in [5.41, 5.74) is 1.50. The Morgan fingerprint density at radius 3 is 2.85 bits per heavy atom. The van der Waals surface area contributed by atoms with Crippen molar-refractivity contribution in [3.63, 3.8) is 0 Å². The maximum absolute atomic E-state index is 12.2. The number of carbonyl (C=O) groups excluding carboxylic acids is 1. The van der Waals surface area contributed by atoms with Crippen molar-refractivity contribution in [3.8, 4) is 0 Å². The maximum atomic E-state index is 12.2. The van der Waals surface area contributed by atoms with Crippen molar-refractivity contribution in [1.29, 1.82) is 0 Å². The van der Waals surface area contributed by atoms with Gasteiger partial charge in [0.05, 0.1) is 31.5 Å². The van der Waals surface area contributed by atoms with Crippen molar-refractivity contribution in [2.45, 2.75) is 26.0 Å². The Morgan fingerprint density at radius 2 is 2.15 bits per heavy atom. The number of nitrogens with one attached hydrogen (secondary N) is 2. The molecule has 1 aliphatic rings. The van der Waals surface area contributed by atoms with Gasteiger partial charge in [0.15, 0.2) is 0 Å². The zero-order valence-electron chi connectivity index (χ0n) is 12.0. The fraction of sp³-hybridized carbons (Fsp3) is 0.533. The van der Waals surface area contributed by atoms with Gasteiger partial charge in [0.25, 0.3) is 5.91 Å². The first-order valence-corrected chi connectivity index (χ1v) is 7.00. The van der Waals surface area contributed by atoms with E-state index in [0.717, 1.165) is 5.69 Å². The zero-order valence-corrected chi connectivity index (χ0v) is 12.0. The summed E-state index contributed by atoms with van der Waals surface area (Å²) >= 11 is 0. The van der Waals surface area contributed by atoms with Crippen LogP contribution in [0, 0.1) is 0 Å². The summed E-state index contributed by atoms with van der Waals surface area (Å²) in [6.45, 7) is 6.31. The predicted molar refractivity (Wildman–Crippen MR) is 78.1 cm³/mol. The largest absolute Gasteiger partial charge is 0.382 e. The van der Waals surface area contributed by atoms with Crippen molar-refractivity contribution in [2.24, 2.45) is 0 Å². The van der Waals surface area contributed by atoms with Gasteiger partial charge in [-0.3, -0.25) is 4.79 Å². The minimum Gasteiger partial charge on any atom is -0.382 e. The summed E-state index contributed by atoms with van der Waals surface area (Å²) < 4.78 is 10.8. The summed E-state index contributed by atoms with van der Waals surface area (Å²) in [6.07, 6.45) is -0.0575. The molecule has 2 rings (SSSR count). The molecule has 0 saturated carbocycles. The molecule has 1 heterocycles. The fourth-order valence-electron chi connectivity index (χ4n) is 2.07. The van der Waals surface area contributed by atoms with Crippen molar-refractivity contribution in [3.05, 3.63) is 29.8 Å². The summed E-state index contributed by atoms with van der Waals surface area (Å²) in [4.78, 5) is 12.2. The molecule has 0 aromatic heterocycles. The van der Waals surface area contributed by atoms with Crippen molar-refractivity contribution < 1.29 is 14.3 Å². The fourth-order valence-corrected chi connectivity index (χ4v) is 2.07. The van der Waals surface area contributed by atoms with E-state index in [9.17, 15) is 4.79 Å². The Hall–Kier alpha value is -1.59. The molecule has 1 aromatic rings. The van der Waals surface area contributed by atoms with Crippen LogP contribution in [0.1, 0.15) is 24.2 Å². The van der Waals surface area contributed by atoms with Gasteiger partial charge < -0.3 is 20.1 Å². The van der Waals surface area contributed by atoms with Gasteiger partial charge in [0, 0.05) is 18.3 Å². The number of anilines is 1. The highest BCUT2D eigenvalue weighted by molar-refractivity contribution is 5.99. The van der Waals surface area contributed by atoms with Crippen LogP contribution < -0.4 is 10.6 Å². The number of hydrogen-bond acceptors (Lipinski definition) is 4. The Morgan fingerprint density at radius 1 is 1.35 bits per heavy atom. The molecule has 0 bridgehead atoms. The first kappa shape index (κ1) is 14.8. The highest BCUT2D eigenvalue weighted by Gasteiger charge is 2.17. The van der Waals surface area contributed by atoms with Crippen LogP contribution in [-0.2, 0) is 9.47 Å². The van der Waals surface area contributed by atoms with Gasteiger partial charge in [0.2, 0.25) is 0 Å². The molecule has 2 N–H and O–H groups in total. The Labute approximate surface area is 119 Å². The smallest absolute Gasteiger partial charge is 0.253 e. The van der Waals surface area contributed by atoms with Crippen molar-refractivity contribution >= 4 is 11.6 Å². The van der Waals surface area contributed by atoms with Gasteiger partial charge in [-0.1, -0.05) is 12.1 Å². The number of rotatable bonds is 5. The van der Waals surface area contributed by atoms with Crippen LogP contribution in [0.4, 0.5) is 5.69 Å². The zero-order chi connectivity index (χ0) is 14.4. The molecule has 1 atom stereocenters. The monoisotopic (exact) mass is 278 g/mol. The molecule has 1 amide bonds. The summed E-state index contributed by atoms with van der Waals surface area (Å²) in [5, 5.41) is 6.17. The topological polar surface area (TPSA) is 59.6 Å². The molecule has 0 radical (unpaired) electrons. The van der Waals surface area contributed by atoms with E-state index in [-0.39, 0.29) is 18.1 Å². The molecule has 0 aliphatic carbocycles. The van der Waals surface area contributed by atoms with Crippen LogP contribution in [-0.4, -0.2) is 44.4 Å². The molecule has 1 saturated heterocycles. The molecule has 110 valence electrons. The first-order valence-electron chi connectivity index (χ1n) is 7.00. The van der Waals surface area contributed by atoms with E-state index in [1.807, 2.05) is 38.1 Å². The average Bonchev–Trinajstić information content (AvgIpc) is 2.46. The number of amides is 1. The lowest BCUT2D eigenvalue weighted by Gasteiger charge is -2.23. The number of para-hydroxylation sites is 1. The average molecular weight is 278 g/mol. The molecule has 20 heavy (non-hydrogen) atoms. The van der Waals surface area contributed by atoms with E-state index in [1.54, 1.807) is 0 Å². The van der Waals surface area contributed by atoms with E-state index in [0.29, 0.717) is 31.9 Å². The summed E-state index contributed by atoms with van der Waals surface area (Å²) in [7, 11) is 0. The van der Waals surface area contributed by atoms with E-state index in [4.69, 9.17) is 9.47 Å². The van der Waals surface area contributed by atoms with Gasteiger partial charge in [0.1, 0.15) is 0 Å². The lowest BCUT2D eigenvalue weighted by atomic mass is 10.1. The predicted octanol–water partition coefficient (Wildman–Crippen LogP) is 1.65. The van der Waals surface area contributed by atoms with E-state index < -0.39 is 0 Å². The van der Waals surface area contributed by atoms with Crippen LogP contribution >= 0.6 is 0 Å². The van der Waals surface area contributed by atoms with Gasteiger partial charge in [-0.2, -0.15) is 0 Å². The van der Waals surface area contributed by atoms with E-state index >= 15 is 0 Å². The molecule has 1 fully saturated rings. The van der Waals surface area contributed by atoms with Crippen LogP contribution in [0.3, 0.4) is 0 Å². The van der Waals surface area contributed by atoms with Crippen LogP contribution in [0.5, 0.6) is 0 Å². The molecule has 1 aromatic carbocycles. The highest BCUT2D eigenvalue weighted by Crippen LogP contribution is 2.16. The number of benzene rings is 1. The minimum atomic E-state index is -0.0945. The number of hydrogen-bond donors (Lipinski definition) is 2. The van der Waals surface area contributed by atoms with Crippen LogP contribution in [0.2, 0.25) is 0 Å². The normalized spacial score (nSPS) is 18.9. The highest BCUT2D eigenvalue weighted by atomic mass is 16.6. The second-order valence-corrected chi connectivity index (χ2v) is 5.12. The van der Waals surface area contributed by atoms with Crippen molar-refractivity contribution in [2.75, 3.05) is 31.7 Å². The first-order chi connectivity index (χ1) is 9.66. The molecular weight excluding hydrogens is 256 g/mol. The minimum absolute atomic E-state index is 0.0575. The van der Waals surface area contributed by atoms with Gasteiger partial charge in [-0.15, -0.1) is 0 Å². The third kappa shape index (κ3) is 4.21. The quantitative estimate of drug-likeness (QED) is 0.860. The molecule has 0 spiro atoms. The second kappa shape index (κ2) is 7.26. The van der Waals surface area contributed by atoms with Gasteiger partial charge >= 0.3 is 0 Å². The van der Waals surface area contributed by atoms with Crippen LogP contribution in [0.15, 0.2) is 24.3 Å². The Kier molecular flexibility index (Phi) is 5.38. The Bertz CT molecular complexity index is 442. The SMILES string of the molecule is CC(C)Nc1ccccc1C(=O)NCC1COCCO1. The molecule has 1 aliphatic heterocycles. The van der Waals surface area contributed by atoms with Crippen LogP contribution in [0.25, 0.3) is 0 Å².